The summed E-state index contributed by atoms with van der Waals surface area (Å²) in [5.41, 5.74) is 3.25. The molecule has 0 saturated heterocycles. The second-order valence-corrected chi connectivity index (χ2v) is 4.45. The van der Waals surface area contributed by atoms with Crippen molar-refractivity contribution in [2.75, 3.05) is 31.4 Å². The minimum Gasteiger partial charge on any atom is -0.496 e. The average molecular weight is 257 g/mol. The van der Waals surface area contributed by atoms with Crippen LogP contribution in [-0.2, 0) is 6.54 Å². The van der Waals surface area contributed by atoms with Gasteiger partial charge >= 0.3 is 0 Å². The quantitative estimate of drug-likeness (QED) is 0.893. The van der Waals surface area contributed by atoms with E-state index in [0.717, 1.165) is 22.7 Å². The van der Waals surface area contributed by atoms with E-state index in [1.165, 1.54) is 0 Å². The summed E-state index contributed by atoms with van der Waals surface area (Å²) in [4.78, 5) is 6.22. The summed E-state index contributed by atoms with van der Waals surface area (Å²) in [5.74, 6) is 0.894. The normalized spacial score (nSPS) is 10.1. The maximum absolute atomic E-state index is 5.35. The highest BCUT2D eigenvalue weighted by Crippen LogP contribution is 2.24. The molecule has 2 aromatic rings. The van der Waals surface area contributed by atoms with Crippen LogP contribution in [0.1, 0.15) is 5.56 Å². The summed E-state index contributed by atoms with van der Waals surface area (Å²) in [6.45, 7) is 0.705. The Bertz CT molecular complexity index is 540. The van der Waals surface area contributed by atoms with Gasteiger partial charge in [-0.1, -0.05) is 18.2 Å². The van der Waals surface area contributed by atoms with Crippen LogP contribution < -0.4 is 15.0 Å². The van der Waals surface area contributed by atoms with Gasteiger partial charge in [0.2, 0.25) is 0 Å². The van der Waals surface area contributed by atoms with Gasteiger partial charge in [0.15, 0.2) is 0 Å². The van der Waals surface area contributed by atoms with Crippen LogP contribution in [0, 0.1) is 0 Å². The van der Waals surface area contributed by atoms with Crippen LogP contribution >= 0.6 is 0 Å². The Kier molecular flexibility index (Phi) is 4.23. The zero-order valence-electron chi connectivity index (χ0n) is 11.6. The van der Waals surface area contributed by atoms with Crippen molar-refractivity contribution in [3.63, 3.8) is 0 Å². The number of aromatic nitrogens is 1. The SMILES string of the molecule is COc1ccccc1CNc1cnccc1N(C)C. The van der Waals surface area contributed by atoms with E-state index in [9.17, 15) is 0 Å². The van der Waals surface area contributed by atoms with E-state index in [-0.39, 0.29) is 0 Å². The molecule has 4 heteroatoms. The molecule has 0 aliphatic rings. The van der Waals surface area contributed by atoms with Crippen molar-refractivity contribution in [3.05, 3.63) is 48.3 Å². The van der Waals surface area contributed by atoms with Gasteiger partial charge in [-0.25, -0.2) is 0 Å². The zero-order chi connectivity index (χ0) is 13.7. The molecule has 1 aromatic heterocycles. The Hall–Kier alpha value is -2.23. The van der Waals surface area contributed by atoms with Crippen LogP contribution in [-0.4, -0.2) is 26.2 Å². The van der Waals surface area contributed by atoms with Crippen LogP contribution in [0.4, 0.5) is 11.4 Å². The van der Waals surface area contributed by atoms with Gasteiger partial charge in [0.25, 0.3) is 0 Å². The Morgan fingerprint density at radius 3 is 2.74 bits per heavy atom. The molecule has 0 spiro atoms. The summed E-state index contributed by atoms with van der Waals surface area (Å²) in [6, 6.07) is 9.99. The van der Waals surface area contributed by atoms with E-state index < -0.39 is 0 Å². The summed E-state index contributed by atoms with van der Waals surface area (Å²) in [6.07, 6.45) is 3.63. The maximum atomic E-state index is 5.35. The summed E-state index contributed by atoms with van der Waals surface area (Å²) >= 11 is 0. The maximum Gasteiger partial charge on any atom is 0.123 e. The van der Waals surface area contributed by atoms with Gasteiger partial charge in [0.1, 0.15) is 5.75 Å². The first-order chi connectivity index (χ1) is 9.22. The molecule has 2 rings (SSSR count). The molecule has 0 amide bonds. The Labute approximate surface area is 114 Å². The molecule has 0 aliphatic heterocycles. The fourth-order valence-corrected chi connectivity index (χ4v) is 1.95. The Balaban J connectivity index is 2.15. The van der Waals surface area contributed by atoms with Crippen LogP contribution in [0.2, 0.25) is 0 Å². The molecule has 0 unspecified atom stereocenters. The lowest BCUT2D eigenvalue weighted by molar-refractivity contribution is 0.410. The van der Waals surface area contributed by atoms with Crippen molar-refractivity contribution < 1.29 is 4.74 Å². The number of hydrogen-bond acceptors (Lipinski definition) is 4. The number of ether oxygens (including phenoxy) is 1. The predicted molar refractivity (Wildman–Crippen MR) is 78.9 cm³/mol. The zero-order valence-corrected chi connectivity index (χ0v) is 11.6. The molecule has 1 heterocycles. The molecule has 0 saturated carbocycles. The lowest BCUT2D eigenvalue weighted by atomic mass is 10.2. The summed E-state index contributed by atoms with van der Waals surface area (Å²) in [7, 11) is 5.72. The van der Waals surface area contributed by atoms with Gasteiger partial charge in [0.05, 0.1) is 24.7 Å². The standard InChI is InChI=1S/C15H19N3O/c1-18(2)14-8-9-16-11-13(14)17-10-12-6-4-5-7-15(12)19-3/h4-9,11,17H,10H2,1-3H3. The van der Waals surface area contributed by atoms with Crippen molar-refractivity contribution in [3.8, 4) is 5.75 Å². The Morgan fingerprint density at radius 2 is 2.00 bits per heavy atom. The molecule has 1 N–H and O–H groups in total. The van der Waals surface area contributed by atoms with E-state index >= 15 is 0 Å². The largest absolute Gasteiger partial charge is 0.496 e. The predicted octanol–water partition coefficient (Wildman–Crippen LogP) is 2.77. The van der Waals surface area contributed by atoms with Gasteiger partial charge in [-0.15, -0.1) is 0 Å². The molecule has 0 radical (unpaired) electrons. The third-order valence-electron chi connectivity index (χ3n) is 2.94. The smallest absolute Gasteiger partial charge is 0.123 e. The second-order valence-electron chi connectivity index (χ2n) is 4.45. The van der Waals surface area contributed by atoms with E-state index in [0.29, 0.717) is 6.54 Å². The first-order valence-electron chi connectivity index (χ1n) is 6.19. The molecule has 0 aliphatic carbocycles. The molecule has 1 aromatic carbocycles. The first-order valence-corrected chi connectivity index (χ1v) is 6.19. The van der Waals surface area contributed by atoms with E-state index in [4.69, 9.17) is 4.74 Å². The summed E-state index contributed by atoms with van der Waals surface area (Å²) in [5, 5.41) is 3.40. The van der Waals surface area contributed by atoms with Crippen molar-refractivity contribution in [1.82, 2.24) is 4.98 Å². The average Bonchev–Trinajstić information content (AvgIpc) is 2.45. The number of hydrogen-bond donors (Lipinski definition) is 1. The molecule has 0 bridgehead atoms. The van der Waals surface area contributed by atoms with Crippen molar-refractivity contribution in [1.29, 1.82) is 0 Å². The van der Waals surface area contributed by atoms with Gasteiger partial charge in [0, 0.05) is 32.4 Å². The number of para-hydroxylation sites is 1. The minimum absolute atomic E-state index is 0.705. The number of rotatable bonds is 5. The van der Waals surface area contributed by atoms with Crippen LogP contribution in [0.15, 0.2) is 42.7 Å². The molecule has 0 fully saturated rings. The highest BCUT2D eigenvalue weighted by Gasteiger charge is 2.05. The molecular weight excluding hydrogens is 238 g/mol. The first kappa shape index (κ1) is 13.2. The number of methoxy groups -OCH3 is 1. The fraction of sp³-hybridized carbons (Fsp3) is 0.267. The summed E-state index contributed by atoms with van der Waals surface area (Å²) < 4.78 is 5.35. The lowest BCUT2D eigenvalue weighted by Crippen LogP contribution is -2.12. The van der Waals surface area contributed by atoms with Gasteiger partial charge < -0.3 is 15.0 Å². The minimum atomic E-state index is 0.705. The molecule has 0 atom stereocenters. The highest BCUT2D eigenvalue weighted by molar-refractivity contribution is 5.68. The number of benzene rings is 1. The molecule has 100 valence electrons. The highest BCUT2D eigenvalue weighted by atomic mass is 16.5. The van der Waals surface area contributed by atoms with E-state index in [1.54, 1.807) is 13.3 Å². The van der Waals surface area contributed by atoms with Gasteiger partial charge in [-0.2, -0.15) is 0 Å². The second kappa shape index (κ2) is 6.09. The Morgan fingerprint density at radius 1 is 1.21 bits per heavy atom. The number of pyridine rings is 1. The molecule has 4 nitrogen and oxygen atoms in total. The van der Waals surface area contributed by atoms with Crippen LogP contribution in [0.3, 0.4) is 0 Å². The van der Waals surface area contributed by atoms with Crippen LogP contribution in [0.5, 0.6) is 5.75 Å². The van der Waals surface area contributed by atoms with E-state index in [2.05, 4.69) is 21.3 Å². The van der Waals surface area contributed by atoms with Gasteiger partial charge in [-0.05, 0) is 12.1 Å². The van der Waals surface area contributed by atoms with Gasteiger partial charge in [-0.3, -0.25) is 4.98 Å². The number of anilines is 2. The topological polar surface area (TPSA) is 37.4 Å². The number of nitrogens with one attached hydrogen (secondary N) is 1. The third-order valence-corrected chi connectivity index (χ3v) is 2.94. The van der Waals surface area contributed by atoms with Crippen molar-refractivity contribution >= 4 is 11.4 Å². The number of nitrogens with zero attached hydrogens (tertiary/aromatic N) is 2. The monoisotopic (exact) mass is 257 g/mol. The van der Waals surface area contributed by atoms with Crippen molar-refractivity contribution in [2.45, 2.75) is 6.54 Å². The van der Waals surface area contributed by atoms with Crippen molar-refractivity contribution in [2.24, 2.45) is 0 Å². The fourth-order valence-electron chi connectivity index (χ4n) is 1.95. The molecule has 19 heavy (non-hydrogen) atoms. The van der Waals surface area contributed by atoms with E-state index in [1.807, 2.05) is 44.6 Å². The van der Waals surface area contributed by atoms with Crippen LogP contribution in [0.25, 0.3) is 0 Å². The molecular formula is C15H19N3O. The third kappa shape index (κ3) is 3.16. The lowest BCUT2D eigenvalue weighted by Gasteiger charge is -2.18.